The highest BCUT2D eigenvalue weighted by Crippen LogP contribution is 2.74. The van der Waals surface area contributed by atoms with Crippen LogP contribution in [0.25, 0.3) is 0 Å². The first-order valence-electron chi connectivity index (χ1n) is 6.05. The smallest absolute Gasteiger partial charge is 0.126 e. The summed E-state index contributed by atoms with van der Waals surface area (Å²) < 4.78 is 5.95. The van der Waals surface area contributed by atoms with Gasteiger partial charge in [-0.25, -0.2) is 0 Å². The Balaban J connectivity index is 1.87. The van der Waals surface area contributed by atoms with Gasteiger partial charge in [0, 0.05) is 5.41 Å². The van der Waals surface area contributed by atoms with Gasteiger partial charge >= 0.3 is 0 Å². The largest absolute Gasteiger partial charge is 0.390 e. The van der Waals surface area contributed by atoms with E-state index in [1.54, 1.807) is 0 Å². The van der Waals surface area contributed by atoms with Crippen LogP contribution in [0.1, 0.15) is 39.0 Å². The summed E-state index contributed by atoms with van der Waals surface area (Å²) in [4.78, 5) is 0. The Hall–Kier alpha value is -0.0800. The fraction of sp³-hybridized carbons (Fsp3) is 1.00. The Kier molecular flexibility index (Phi) is 1.19. The SMILES string of the molecule is C[C@H]1CC(O)C23OC2C[C@@H]2CC[C@]13C2. The van der Waals surface area contributed by atoms with E-state index in [1.807, 2.05) is 0 Å². The van der Waals surface area contributed by atoms with Crippen molar-refractivity contribution >= 4 is 0 Å². The molecular weight excluding hydrogens is 176 g/mol. The molecule has 1 aliphatic heterocycles. The van der Waals surface area contributed by atoms with Gasteiger partial charge in [0.1, 0.15) is 5.60 Å². The topological polar surface area (TPSA) is 32.8 Å². The summed E-state index contributed by atoms with van der Waals surface area (Å²) in [5.41, 5.74) is 0.305. The second-order valence-electron chi connectivity index (χ2n) is 6.05. The molecule has 3 unspecified atom stereocenters. The highest BCUT2D eigenvalue weighted by atomic mass is 16.6. The molecule has 1 N–H and O–H groups in total. The summed E-state index contributed by atoms with van der Waals surface area (Å²) in [7, 11) is 0. The molecule has 3 aliphatic carbocycles. The second-order valence-corrected chi connectivity index (χ2v) is 6.05. The minimum absolute atomic E-state index is 0.0700. The van der Waals surface area contributed by atoms with E-state index in [9.17, 15) is 5.11 Å². The zero-order valence-electron chi connectivity index (χ0n) is 8.70. The molecule has 0 radical (unpaired) electrons. The Labute approximate surface area is 84.6 Å². The molecule has 2 spiro atoms. The van der Waals surface area contributed by atoms with Crippen molar-refractivity contribution in [3.8, 4) is 0 Å². The molecule has 2 heteroatoms. The molecule has 6 atom stereocenters. The van der Waals surface area contributed by atoms with Gasteiger partial charge in [0.25, 0.3) is 0 Å². The summed E-state index contributed by atoms with van der Waals surface area (Å²) in [6.07, 6.45) is 6.49. The van der Waals surface area contributed by atoms with Crippen molar-refractivity contribution in [2.75, 3.05) is 0 Å². The lowest BCUT2D eigenvalue weighted by Gasteiger charge is -2.37. The quantitative estimate of drug-likeness (QED) is 0.595. The molecular formula is C12H18O2. The summed E-state index contributed by atoms with van der Waals surface area (Å²) in [6, 6.07) is 0. The first kappa shape index (κ1) is 8.12. The monoisotopic (exact) mass is 194 g/mol. The molecule has 14 heavy (non-hydrogen) atoms. The number of rotatable bonds is 0. The third kappa shape index (κ3) is 0.594. The molecule has 4 fully saturated rings. The van der Waals surface area contributed by atoms with Crippen LogP contribution in [0.4, 0.5) is 0 Å². The van der Waals surface area contributed by atoms with Crippen LogP contribution in [0.15, 0.2) is 0 Å². The zero-order valence-corrected chi connectivity index (χ0v) is 8.70. The van der Waals surface area contributed by atoms with Gasteiger partial charge in [-0.05, 0) is 43.9 Å². The van der Waals surface area contributed by atoms with Crippen molar-refractivity contribution < 1.29 is 9.84 Å². The maximum atomic E-state index is 10.2. The predicted octanol–water partition coefficient (Wildman–Crippen LogP) is 1.71. The number of ether oxygens (including phenoxy) is 1. The maximum Gasteiger partial charge on any atom is 0.126 e. The van der Waals surface area contributed by atoms with Crippen molar-refractivity contribution in [1.82, 2.24) is 0 Å². The van der Waals surface area contributed by atoms with Gasteiger partial charge < -0.3 is 9.84 Å². The highest BCUT2D eigenvalue weighted by molar-refractivity contribution is 5.28. The molecule has 1 saturated heterocycles. The van der Waals surface area contributed by atoms with Crippen LogP contribution in [0.2, 0.25) is 0 Å². The average Bonchev–Trinajstić information content (AvgIpc) is 2.71. The first-order valence-corrected chi connectivity index (χ1v) is 6.05. The molecule has 0 aromatic heterocycles. The Bertz CT molecular complexity index is 303. The number of fused-ring (bicyclic) bond motifs is 1. The van der Waals surface area contributed by atoms with E-state index >= 15 is 0 Å². The van der Waals surface area contributed by atoms with Crippen LogP contribution in [0.5, 0.6) is 0 Å². The van der Waals surface area contributed by atoms with E-state index < -0.39 is 0 Å². The van der Waals surface area contributed by atoms with Crippen LogP contribution in [0.3, 0.4) is 0 Å². The van der Waals surface area contributed by atoms with Crippen LogP contribution >= 0.6 is 0 Å². The number of epoxide rings is 1. The molecule has 78 valence electrons. The van der Waals surface area contributed by atoms with Gasteiger partial charge in [0.15, 0.2) is 0 Å². The number of aliphatic hydroxyl groups is 1. The molecule has 0 amide bonds. The lowest BCUT2D eigenvalue weighted by molar-refractivity contribution is 0.0289. The summed E-state index contributed by atoms with van der Waals surface area (Å²) in [5.74, 6) is 1.58. The summed E-state index contributed by atoms with van der Waals surface area (Å²) in [5, 5.41) is 10.2. The standard InChI is InChI=1S/C12H18O2/c1-7-4-9(13)12-10(14-12)5-8-2-3-11(7,12)6-8/h7-10,13H,2-6H2,1H3/t7-,8-,9?,10?,11-,12?/m0/s1. The second kappa shape index (κ2) is 2.05. The minimum atomic E-state index is -0.165. The Morgan fingerprint density at radius 1 is 1.36 bits per heavy atom. The van der Waals surface area contributed by atoms with Crippen LogP contribution in [0, 0.1) is 17.3 Å². The molecule has 1 heterocycles. The van der Waals surface area contributed by atoms with Crippen molar-refractivity contribution in [2.24, 2.45) is 17.3 Å². The van der Waals surface area contributed by atoms with Crippen molar-refractivity contribution in [3.05, 3.63) is 0 Å². The Morgan fingerprint density at radius 2 is 2.21 bits per heavy atom. The molecule has 2 nitrogen and oxygen atoms in total. The van der Waals surface area contributed by atoms with E-state index in [0.717, 1.165) is 12.3 Å². The van der Waals surface area contributed by atoms with Gasteiger partial charge in [0.05, 0.1) is 12.2 Å². The van der Waals surface area contributed by atoms with Gasteiger partial charge in [0.2, 0.25) is 0 Å². The Morgan fingerprint density at radius 3 is 3.07 bits per heavy atom. The number of hydrogen-bond acceptors (Lipinski definition) is 2. The molecule has 4 aliphatic rings. The zero-order chi connectivity index (χ0) is 9.55. The molecule has 0 aromatic carbocycles. The fourth-order valence-electron chi connectivity index (χ4n) is 5.10. The van der Waals surface area contributed by atoms with E-state index in [1.165, 1.54) is 25.7 Å². The predicted molar refractivity (Wildman–Crippen MR) is 51.8 cm³/mol. The normalized spacial score (nSPS) is 69.0. The van der Waals surface area contributed by atoms with Gasteiger partial charge in [-0.15, -0.1) is 0 Å². The van der Waals surface area contributed by atoms with E-state index in [-0.39, 0.29) is 11.7 Å². The van der Waals surface area contributed by atoms with E-state index in [2.05, 4.69) is 6.92 Å². The molecule has 3 saturated carbocycles. The van der Waals surface area contributed by atoms with Gasteiger partial charge in [-0.1, -0.05) is 6.92 Å². The number of hydrogen-bond donors (Lipinski definition) is 1. The van der Waals surface area contributed by atoms with Crippen molar-refractivity contribution in [3.63, 3.8) is 0 Å². The van der Waals surface area contributed by atoms with Gasteiger partial charge in [-0.2, -0.15) is 0 Å². The molecule has 4 rings (SSSR count). The fourth-order valence-corrected chi connectivity index (χ4v) is 5.10. The molecule has 2 bridgehead atoms. The third-order valence-corrected chi connectivity index (χ3v) is 5.75. The maximum absolute atomic E-state index is 10.2. The van der Waals surface area contributed by atoms with E-state index in [0.29, 0.717) is 17.4 Å². The summed E-state index contributed by atoms with van der Waals surface area (Å²) in [6.45, 7) is 2.32. The average molecular weight is 194 g/mol. The minimum Gasteiger partial charge on any atom is -0.390 e. The summed E-state index contributed by atoms with van der Waals surface area (Å²) >= 11 is 0. The first-order chi connectivity index (χ1) is 6.69. The lowest BCUT2D eigenvalue weighted by Crippen LogP contribution is -2.44. The number of aliphatic hydroxyl groups excluding tert-OH is 1. The van der Waals surface area contributed by atoms with Crippen LogP contribution in [-0.4, -0.2) is 22.9 Å². The highest BCUT2D eigenvalue weighted by Gasteiger charge is 2.80. The van der Waals surface area contributed by atoms with Crippen LogP contribution < -0.4 is 0 Å². The molecule has 0 aromatic rings. The lowest BCUT2D eigenvalue weighted by atomic mass is 9.65. The van der Waals surface area contributed by atoms with E-state index in [4.69, 9.17) is 4.74 Å². The van der Waals surface area contributed by atoms with Crippen molar-refractivity contribution in [2.45, 2.75) is 56.8 Å². The third-order valence-electron chi connectivity index (χ3n) is 5.75. The van der Waals surface area contributed by atoms with Crippen molar-refractivity contribution in [1.29, 1.82) is 0 Å². The van der Waals surface area contributed by atoms with Gasteiger partial charge in [-0.3, -0.25) is 0 Å². The van der Waals surface area contributed by atoms with Crippen LogP contribution in [-0.2, 0) is 4.74 Å².